The van der Waals surface area contributed by atoms with Gasteiger partial charge in [-0.2, -0.15) is 36.5 Å². The van der Waals surface area contributed by atoms with Crippen molar-refractivity contribution in [3.63, 3.8) is 0 Å². The van der Waals surface area contributed by atoms with Crippen LogP contribution in [0.1, 0.15) is 104 Å². The van der Waals surface area contributed by atoms with E-state index in [2.05, 4.69) is 10.2 Å². The van der Waals surface area contributed by atoms with Gasteiger partial charge in [0.25, 0.3) is 0 Å². The Morgan fingerprint density at radius 1 is 0.897 bits per heavy atom. The zero-order valence-corrected chi connectivity index (χ0v) is 40.9. The van der Waals surface area contributed by atoms with E-state index in [0.717, 1.165) is 36.4 Å². The van der Waals surface area contributed by atoms with Gasteiger partial charge in [-0.3, -0.25) is 9.59 Å². The number of benzene rings is 2. The summed E-state index contributed by atoms with van der Waals surface area (Å²) in [5.74, 6) is -6.31. The number of carbonyl (C=O) groups is 2. The first-order valence-corrected chi connectivity index (χ1v) is 22.9. The second-order valence-electron chi connectivity index (χ2n) is 19.2. The molecule has 0 saturated carbocycles. The minimum atomic E-state index is -4.60. The average Bonchev–Trinajstić information content (AvgIpc) is 3.26. The number of nitrogens with zero attached hydrogens (tertiary/aromatic N) is 3. The van der Waals surface area contributed by atoms with Crippen molar-refractivity contribution < 1.29 is 74.9 Å². The molecule has 2 aromatic carbocycles. The highest BCUT2D eigenvalue weighted by molar-refractivity contribution is 5.99. The van der Waals surface area contributed by atoms with Gasteiger partial charge in [0, 0.05) is 36.6 Å². The zero-order chi connectivity index (χ0) is 51.3. The van der Waals surface area contributed by atoms with Gasteiger partial charge in [-0.1, -0.05) is 52.0 Å². The van der Waals surface area contributed by atoms with Crippen LogP contribution in [-0.4, -0.2) is 125 Å². The van der Waals surface area contributed by atoms with E-state index in [9.17, 15) is 51.3 Å². The van der Waals surface area contributed by atoms with Crippen molar-refractivity contribution >= 4 is 23.4 Å². The third kappa shape index (κ3) is 13.7. The van der Waals surface area contributed by atoms with E-state index < -0.39 is 113 Å². The predicted octanol–water partition coefficient (Wildman–Crippen LogP) is 7.89. The second-order valence-corrected chi connectivity index (χ2v) is 19.2. The van der Waals surface area contributed by atoms with Gasteiger partial charge in [0.15, 0.2) is 6.29 Å². The van der Waals surface area contributed by atoms with E-state index in [4.69, 9.17) is 23.7 Å². The highest BCUT2D eigenvalue weighted by Gasteiger charge is 2.51. The van der Waals surface area contributed by atoms with Crippen molar-refractivity contribution in [1.82, 2.24) is 4.90 Å². The molecular formula is C49H69F6N3O10. The summed E-state index contributed by atoms with van der Waals surface area (Å²) in [5, 5.41) is 44.4. The highest BCUT2D eigenvalue weighted by Crippen LogP contribution is 2.42. The van der Waals surface area contributed by atoms with Gasteiger partial charge in [-0.15, -0.1) is 0 Å². The Hall–Kier alpha value is -3.98. The molecule has 2 fully saturated rings. The summed E-state index contributed by atoms with van der Waals surface area (Å²) in [4.78, 5) is 30.2. The lowest BCUT2D eigenvalue weighted by molar-refractivity contribution is -0.252. The van der Waals surface area contributed by atoms with Crippen molar-refractivity contribution in [3.05, 3.63) is 70.8 Å². The molecule has 382 valence electrons. The number of carbonyl (C=O) groups excluding carboxylic acids is 2. The third-order valence-corrected chi connectivity index (χ3v) is 13.9. The number of likely N-dealkylation sites (N-methyl/N-ethyl adjacent to an activating group) is 1. The zero-order valence-electron chi connectivity index (χ0n) is 40.9. The molecule has 19 heteroatoms. The molecule has 2 aliphatic rings. The largest absolute Gasteiger partial charge is 0.461 e. The Kier molecular flexibility index (Phi) is 19.0. The fourth-order valence-corrected chi connectivity index (χ4v) is 9.58. The summed E-state index contributed by atoms with van der Waals surface area (Å²) in [6, 6.07) is 8.08. The average molecular weight is 974 g/mol. The third-order valence-electron chi connectivity index (χ3n) is 13.9. The first-order valence-electron chi connectivity index (χ1n) is 22.9. The number of cyclic esters (lactones) is 1. The van der Waals surface area contributed by atoms with Gasteiger partial charge >= 0.3 is 24.3 Å². The maximum atomic E-state index is 14.4. The Morgan fingerprint density at radius 2 is 1.46 bits per heavy atom. The van der Waals surface area contributed by atoms with E-state index >= 15 is 0 Å². The van der Waals surface area contributed by atoms with Gasteiger partial charge in [0.05, 0.1) is 53.6 Å². The molecule has 0 amide bonds. The summed E-state index contributed by atoms with van der Waals surface area (Å²) in [5.41, 5.74) is -4.11. The fourth-order valence-electron chi connectivity index (χ4n) is 9.58. The molecule has 68 heavy (non-hydrogen) atoms. The predicted molar refractivity (Wildman–Crippen MR) is 241 cm³/mol. The number of esters is 2. The monoisotopic (exact) mass is 973 g/mol. The maximum absolute atomic E-state index is 14.4. The van der Waals surface area contributed by atoms with Gasteiger partial charge in [0.1, 0.15) is 23.9 Å². The molecule has 3 N–H and O–H groups in total. The number of halogens is 6. The molecule has 2 aromatic rings. The SMILES string of the molecule is CCC1OC(=O)C(C)C(OC(=O)Cc2ccc(C(F)(F)F)cc2)C(C)C(COC2C(O)OC(C)CC2N(C)C)C(C)(OC)CC(C)C(=NN=C(C)c2ccc(C(F)(F)F)cc2)C(C)C(O)C1(C)O. The number of aliphatic hydroxyl groups is 3. The molecule has 13 nitrogen and oxygen atoms in total. The van der Waals surface area contributed by atoms with E-state index in [1.54, 1.807) is 41.5 Å². The number of aliphatic hydroxyl groups excluding tert-OH is 2. The normalized spacial score (nSPS) is 34.6. The molecule has 0 aliphatic carbocycles. The Balaban J connectivity index is 1.89. The number of rotatable bonds is 11. The molecule has 14 atom stereocenters. The topological polar surface area (TPSA) is 169 Å². The van der Waals surface area contributed by atoms with Crippen LogP contribution in [0.2, 0.25) is 0 Å². The molecule has 0 spiro atoms. The summed E-state index contributed by atoms with van der Waals surface area (Å²) in [6.45, 7) is 14.6. The van der Waals surface area contributed by atoms with Crippen LogP contribution in [0.4, 0.5) is 26.3 Å². The first kappa shape index (κ1) is 56.6. The minimum absolute atomic E-state index is 0.0199. The number of hydrogen-bond acceptors (Lipinski definition) is 13. The van der Waals surface area contributed by atoms with Gasteiger partial charge < -0.3 is 43.9 Å². The van der Waals surface area contributed by atoms with Crippen molar-refractivity contribution in [2.45, 2.75) is 154 Å². The minimum Gasteiger partial charge on any atom is -0.461 e. The van der Waals surface area contributed by atoms with Crippen LogP contribution in [0.5, 0.6) is 0 Å². The molecule has 2 aliphatic heterocycles. The van der Waals surface area contributed by atoms with Crippen molar-refractivity contribution in [1.29, 1.82) is 0 Å². The molecule has 2 heterocycles. The smallest absolute Gasteiger partial charge is 0.416 e. The van der Waals surface area contributed by atoms with Crippen LogP contribution in [0, 0.1) is 29.6 Å². The lowest BCUT2D eigenvalue weighted by Gasteiger charge is -2.47. The van der Waals surface area contributed by atoms with Gasteiger partial charge in [0.2, 0.25) is 0 Å². The Bertz CT molecular complexity index is 2050. The maximum Gasteiger partial charge on any atom is 0.416 e. The standard InChI is InChI=1S/C49H69F6N3O10/c1-13-38-47(9,63)43(60)29(5)40(57-56-31(7)33-16-20-35(21-17-33)49(53,54)55)26(2)24-46(8,64-12)36(25-65-42-37(58(10)11)22-27(3)66-45(42)62)28(4)41(30(6)44(61)67-38)68-39(59)23-32-14-18-34(19-15-32)48(50,51)52/h14-21,26-30,36-38,41-43,45,60,62-63H,13,22-25H2,1-12H3. The molecular weight excluding hydrogens is 905 g/mol. The number of hydrogen-bond donors (Lipinski definition) is 3. The summed E-state index contributed by atoms with van der Waals surface area (Å²) in [7, 11) is 5.14. The molecule has 4 rings (SSSR count). The van der Waals surface area contributed by atoms with E-state index in [0.29, 0.717) is 12.0 Å². The van der Waals surface area contributed by atoms with Gasteiger partial charge in [-0.05, 0) is 109 Å². The van der Waals surface area contributed by atoms with Crippen LogP contribution < -0.4 is 0 Å². The molecule has 0 radical (unpaired) electrons. The van der Waals surface area contributed by atoms with Crippen molar-refractivity contribution in [3.8, 4) is 0 Å². The van der Waals surface area contributed by atoms with Crippen LogP contribution >= 0.6 is 0 Å². The van der Waals surface area contributed by atoms with Crippen LogP contribution in [0.3, 0.4) is 0 Å². The molecule has 0 bridgehead atoms. The second kappa shape index (κ2) is 22.8. The number of ether oxygens (including phenoxy) is 5. The van der Waals surface area contributed by atoms with E-state index in [1.807, 2.05) is 25.9 Å². The van der Waals surface area contributed by atoms with Crippen molar-refractivity contribution in [2.75, 3.05) is 27.8 Å². The quantitative estimate of drug-likeness (QED) is 0.0867. The molecule has 2 saturated heterocycles. The Labute approximate surface area is 395 Å². The molecule has 14 unspecified atom stereocenters. The summed E-state index contributed by atoms with van der Waals surface area (Å²) >= 11 is 0. The Morgan fingerprint density at radius 3 is 1.97 bits per heavy atom. The summed E-state index contributed by atoms with van der Waals surface area (Å²) in [6.07, 6.45) is -15.8. The highest BCUT2D eigenvalue weighted by atomic mass is 19.4. The van der Waals surface area contributed by atoms with Crippen LogP contribution in [0.15, 0.2) is 58.7 Å². The van der Waals surface area contributed by atoms with E-state index in [1.165, 1.54) is 33.1 Å². The number of alkyl halides is 6. The first-order chi connectivity index (χ1) is 31.5. The van der Waals surface area contributed by atoms with Gasteiger partial charge in [-0.25, -0.2) is 0 Å². The van der Waals surface area contributed by atoms with E-state index in [-0.39, 0.29) is 48.6 Å². The number of methoxy groups -OCH3 is 1. The lowest BCUT2D eigenvalue weighted by atomic mass is 9.69. The van der Waals surface area contributed by atoms with Crippen molar-refractivity contribution in [2.24, 2.45) is 39.8 Å². The van der Waals surface area contributed by atoms with Crippen LogP contribution in [-0.2, 0) is 52.0 Å². The summed E-state index contributed by atoms with van der Waals surface area (Å²) < 4.78 is 111. The fraction of sp³-hybridized carbons (Fsp3) is 0.673. The van der Waals surface area contributed by atoms with Crippen LogP contribution in [0.25, 0.3) is 0 Å². The lowest BCUT2D eigenvalue weighted by Crippen LogP contribution is -2.58. The molecule has 0 aromatic heterocycles.